The Morgan fingerprint density at radius 1 is 1.43 bits per heavy atom. The Kier molecular flexibility index (Phi) is 5.31. The highest BCUT2D eigenvalue weighted by Crippen LogP contribution is 2.24. The number of nitrogens with one attached hydrogen (secondary N) is 1. The highest BCUT2D eigenvalue weighted by Gasteiger charge is 2.27. The molecule has 21 heavy (non-hydrogen) atoms. The second kappa shape index (κ2) is 7.00. The monoisotopic (exact) mass is 293 g/mol. The lowest BCUT2D eigenvalue weighted by Crippen LogP contribution is -2.44. The largest absolute Gasteiger partial charge is 0.352 e. The van der Waals surface area contributed by atoms with Crippen LogP contribution in [-0.2, 0) is 4.79 Å². The number of amides is 1. The molecule has 1 saturated carbocycles. The summed E-state index contributed by atoms with van der Waals surface area (Å²) >= 11 is 0. The molecule has 2 rings (SSSR count). The van der Waals surface area contributed by atoms with Gasteiger partial charge >= 0.3 is 0 Å². The molecule has 0 spiro atoms. The Labute approximate surface area is 125 Å². The number of halogens is 1. The van der Waals surface area contributed by atoms with Crippen molar-refractivity contribution >= 4 is 5.91 Å². The Morgan fingerprint density at radius 2 is 2.05 bits per heavy atom. The van der Waals surface area contributed by atoms with Gasteiger partial charge < -0.3 is 11.1 Å². The average molecular weight is 293 g/mol. The smallest absolute Gasteiger partial charge is 0.234 e. The molecule has 1 aromatic carbocycles. The minimum Gasteiger partial charge on any atom is -0.352 e. The fraction of sp³-hybridized carbons (Fsp3) is 0.562. The van der Waals surface area contributed by atoms with Gasteiger partial charge in [0.25, 0.3) is 0 Å². The van der Waals surface area contributed by atoms with Gasteiger partial charge in [-0.15, -0.1) is 0 Å². The van der Waals surface area contributed by atoms with Crippen LogP contribution in [0.1, 0.15) is 37.8 Å². The van der Waals surface area contributed by atoms with Crippen LogP contribution in [-0.4, -0.2) is 36.5 Å². The van der Waals surface area contributed by atoms with Crippen LogP contribution < -0.4 is 11.1 Å². The Bertz CT molecular complexity index is 473. The van der Waals surface area contributed by atoms with Gasteiger partial charge in [0.05, 0.1) is 12.6 Å². The Morgan fingerprint density at radius 3 is 2.57 bits per heavy atom. The first kappa shape index (κ1) is 15.9. The molecule has 1 aliphatic carbocycles. The van der Waals surface area contributed by atoms with Crippen LogP contribution in [0.3, 0.4) is 0 Å². The zero-order valence-corrected chi connectivity index (χ0v) is 12.7. The zero-order valence-electron chi connectivity index (χ0n) is 12.7. The highest BCUT2D eigenvalue weighted by atomic mass is 19.1. The second-order valence-electron chi connectivity index (χ2n) is 5.83. The number of nitrogens with zero attached hydrogens (tertiary/aromatic N) is 1. The summed E-state index contributed by atoms with van der Waals surface area (Å²) in [6, 6.07) is 6.51. The predicted molar refractivity (Wildman–Crippen MR) is 81.2 cm³/mol. The summed E-state index contributed by atoms with van der Waals surface area (Å²) in [5.41, 5.74) is 7.15. The van der Waals surface area contributed by atoms with E-state index in [4.69, 9.17) is 5.73 Å². The number of rotatable bonds is 7. The van der Waals surface area contributed by atoms with Gasteiger partial charge in [0.2, 0.25) is 5.91 Å². The van der Waals surface area contributed by atoms with Crippen LogP contribution in [0.25, 0.3) is 0 Å². The normalized spacial score (nSPS) is 17.6. The van der Waals surface area contributed by atoms with E-state index in [1.165, 1.54) is 12.1 Å². The Hall–Kier alpha value is -1.46. The summed E-state index contributed by atoms with van der Waals surface area (Å²) in [5.74, 6) is -0.243. The molecule has 0 radical (unpaired) electrons. The van der Waals surface area contributed by atoms with E-state index in [2.05, 4.69) is 5.32 Å². The van der Waals surface area contributed by atoms with Crippen LogP contribution >= 0.6 is 0 Å². The minimum atomic E-state index is -0.267. The quantitative estimate of drug-likeness (QED) is 0.806. The molecule has 0 bridgehead atoms. The summed E-state index contributed by atoms with van der Waals surface area (Å²) in [7, 11) is 1.88. The molecule has 4 nitrogen and oxygen atoms in total. The molecule has 0 aliphatic heterocycles. The van der Waals surface area contributed by atoms with Crippen LogP contribution in [0.15, 0.2) is 24.3 Å². The van der Waals surface area contributed by atoms with Crippen molar-refractivity contribution in [2.45, 2.75) is 44.3 Å². The molecule has 1 aliphatic rings. The van der Waals surface area contributed by atoms with Crippen LogP contribution in [0.2, 0.25) is 0 Å². The number of carbonyl (C=O) groups excluding carboxylic acids is 1. The molecule has 1 fully saturated rings. The molecule has 1 amide bonds. The summed E-state index contributed by atoms with van der Waals surface area (Å²) in [5, 5.41) is 2.98. The number of carbonyl (C=O) groups is 1. The molecule has 0 saturated heterocycles. The van der Waals surface area contributed by atoms with Crippen molar-refractivity contribution in [2.24, 2.45) is 5.73 Å². The SMILES string of the molecule is CCC(N)C(c1ccc(F)cc1)N(C)CC(=O)NC1CC1. The van der Waals surface area contributed by atoms with Gasteiger partial charge in [-0.05, 0) is 44.0 Å². The standard InChI is InChI=1S/C16H24FN3O/c1-3-14(18)16(11-4-6-12(17)7-5-11)20(2)10-15(21)19-13-8-9-13/h4-7,13-14,16H,3,8-10,18H2,1-2H3,(H,19,21). The maximum atomic E-state index is 13.1. The van der Waals surface area contributed by atoms with E-state index < -0.39 is 0 Å². The van der Waals surface area contributed by atoms with Crippen LogP contribution in [0.5, 0.6) is 0 Å². The maximum Gasteiger partial charge on any atom is 0.234 e. The molecule has 0 heterocycles. The summed E-state index contributed by atoms with van der Waals surface area (Å²) in [6.07, 6.45) is 2.94. The van der Waals surface area contributed by atoms with E-state index in [0.717, 1.165) is 24.8 Å². The zero-order chi connectivity index (χ0) is 15.4. The van der Waals surface area contributed by atoms with Gasteiger partial charge in [-0.2, -0.15) is 0 Å². The lowest BCUT2D eigenvalue weighted by molar-refractivity contribution is -0.122. The average Bonchev–Trinajstić information content (AvgIpc) is 3.24. The number of likely N-dealkylation sites (N-methyl/N-ethyl adjacent to an activating group) is 1. The molecule has 0 aromatic heterocycles. The summed E-state index contributed by atoms with van der Waals surface area (Å²) in [6.45, 7) is 2.31. The third-order valence-corrected chi connectivity index (χ3v) is 3.90. The number of hydrogen-bond donors (Lipinski definition) is 2. The Balaban J connectivity index is 2.06. The molecule has 2 atom stereocenters. The van der Waals surface area contributed by atoms with E-state index in [9.17, 15) is 9.18 Å². The van der Waals surface area contributed by atoms with Gasteiger partial charge in [0.15, 0.2) is 0 Å². The fourth-order valence-electron chi connectivity index (χ4n) is 2.54. The second-order valence-corrected chi connectivity index (χ2v) is 5.83. The van der Waals surface area contributed by atoms with Gasteiger partial charge in [0, 0.05) is 12.1 Å². The van der Waals surface area contributed by atoms with E-state index >= 15 is 0 Å². The van der Waals surface area contributed by atoms with Gasteiger partial charge in [-0.25, -0.2) is 4.39 Å². The highest BCUT2D eigenvalue weighted by molar-refractivity contribution is 5.78. The van der Waals surface area contributed by atoms with Gasteiger partial charge in [-0.1, -0.05) is 19.1 Å². The third kappa shape index (κ3) is 4.51. The summed E-state index contributed by atoms with van der Waals surface area (Å²) < 4.78 is 13.1. The predicted octanol–water partition coefficient (Wildman–Crippen LogP) is 1.81. The molecule has 1 aromatic rings. The van der Waals surface area contributed by atoms with E-state index in [-0.39, 0.29) is 23.8 Å². The van der Waals surface area contributed by atoms with Crippen molar-refractivity contribution in [2.75, 3.05) is 13.6 Å². The van der Waals surface area contributed by atoms with Crippen molar-refractivity contribution in [3.63, 3.8) is 0 Å². The van der Waals surface area contributed by atoms with Gasteiger partial charge in [0.1, 0.15) is 5.82 Å². The first-order chi connectivity index (χ1) is 10.0. The lowest BCUT2D eigenvalue weighted by atomic mass is 9.96. The topological polar surface area (TPSA) is 58.4 Å². The summed E-state index contributed by atoms with van der Waals surface area (Å²) in [4.78, 5) is 13.9. The van der Waals surface area contributed by atoms with Gasteiger partial charge in [-0.3, -0.25) is 9.69 Å². The van der Waals surface area contributed by atoms with Crippen molar-refractivity contribution in [3.8, 4) is 0 Å². The maximum absolute atomic E-state index is 13.1. The lowest BCUT2D eigenvalue weighted by Gasteiger charge is -2.32. The molecule has 5 heteroatoms. The first-order valence-electron chi connectivity index (χ1n) is 7.52. The van der Waals surface area contributed by atoms with E-state index in [1.54, 1.807) is 12.1 Å². The van der Waals surface area contributed by atoms with Crippen LogP contribution in [0.4, 0.5) is 4.39 Å². The van der Waals surface area contributed by atoms with Crippen molar-refractivity contribution in [3.05, 3.63) is 35.6 Å². The van der Waals surface area contributed by atoms with Crippen molar-refractivity contribution in [1.29, 1.82) is 0 Å². The van der Waals surface area contributed by atoms with Crippen molar-refractivity contribution in [1.82, 2.24) is 10.2 Å². The minimum absolute atomic E-state index is 0.0235. The van der Waals surface area contributed by atoms with E-state index in [1.807, 2.05) is 18.9 Å². The fourth-order valence-corrected chi connectivity index (χ4v) is 2.54. The van der Waals surface area contributed by atoms with Crippen LogP contribution in [0, 0.1) is 5.82 Å². The molecular weight excluding hydrogens is 269 g/mol. The number of hydrogen-bond acceptors (Lipinski definition) is 3. The molecule has 2 unspecified atom stereocenters. The third-order valence-electron chi connectivity index (χ3n) is 3.90. The number of benzene rings is 1. The molecular formula is C16H24FN3O. The van der Waals surface area contributed by atoms with E-state index in [0.29, 0.717) is 12.6 Å². The number of nitrogens with two attached hydrogens (primary N) is 1. The molecule has 3 N–H and O–H groups in total. The van der Waals surface area contributed by atoms with Crippen molar-refractivity contribution < 1.29 is 9.18 Å². The first-order valence-corrected chi connectivity index (χ1v) is 7.52. The molecule has 116 valence electrons.